The number of hydrogen-bond acceptors (Lipinski definition) is 4. The van der Waals surface area contributed by atoms with Crippen LogP contribution in [0.1, 0.15) is 24.8 Å². The maximum Gasteiger partial charge on any atom is 0.141 e. The molecule has 1 aromatic carbocycles. The van der Waals surface area contributed by atoms with Crippen LogP contribution in [0.5, 0.6) is 5.75 Å². The van der Waals surface area contributed by atoms with Gasteiger partial charge >= 0.3 is 0 Å². The molecule has 3 rings (SSSR count). The Morgan fingerprint density at radius 2 is 2.32 bits per heavy atom. The van der Waals surface area contributed by atoms with E-state index in [1.54, 1.807) is 7.11 Å². The van der Waals surface area contributed by atoms with Gasteiger partial charge in [-0.3, -0.25) is 4.90 Å². The van der Waals surface area contributed by atoms with Crippen LogP contribution in [0.25, 0.3) is 0 Å². The number of hydrogen-bond donors (Lipinski definition) is 1. The van der Waals surface area contributed by atoms with E-state index in [1.807, 2.05) is 12.1 Å². The number of fused-ring (bicyclic) bond motifs is 1. The molecule has 4 nitrogen and oxygen atoms in total. The molecule has 1 saturated carbocycles. The first-order valence-corrected chi connectivity index (χ1v) is 7.06. The van der Waals surface area contributed by atoms with E-state index in [2.05, 4.69) is 11.0 Å². The number of ether oxygens (including phenoxy) is 2. The average Bonchev–Trinajstić information content (AvgIpc) is 2.88. The van der Waals surface area contributed by atoms with Crippen LogP contribution in [0, 0.1) is 0 Å². The van der Waals surface area contributed by atoms with Crippen molar-refractivity contribution in [3.8, 4) is 5.75 Å². The first-order valence-electron chi connectivity index (χ1n) is 7.06. The highest BCUT2D eigenvalue weighted by atomic mass is 16.5. The van der Waals surface area contributed by atoms with Gasteiger partial charge in [0.2, 0.25) is 0 Å². The number of rotatable bonds is 3. The van der Waals surface area contributed by atoms with Crippen molar-refractivity contribution in [3.05, 3.63) is 23.8 Å². The predicted molar refractivity (Wildman–Crippen MR) is 75.2 cm³/mol. The van der Waals surface area contributed by atoms with E-state index in [1.165, 1.54) is 24.8 Å². The van der Waals surface area contributed by atoms with E-state index in [0.29, 0.717) is 12.1 Å². The van der Waals surface area contributed by atoms with E-state index >= 15 is 0 Å². The highest BCUT2D eigenvalue weighted by molar-refractivity contribution is 5.54. The lowest BCUT2D eigenvalue weighted by molar-refractivity contribution is -0.0588. The monoisotopic (exact) mass is 262 g/mol. The molecule has 1 heterocycles. The number of methoxy groups -OCH3 is 1. The van der Waals surface area contributed by atoms with Crippen molar-refractivity contribution in [1.29, 1.82) is 0 Å². The van der Waals surface area contributed by atoms with Crippen LogP contribution in [-0.2, 0) is 11.3 Å². The summed E-state index contributed by atoms with van der Waals surface area (Å²) in [6.07, 6.45) is 4.21. The normalized spacial score (nSPS) is 27.2. The van der Waals surface area contributed by atoms with Crippen molar-refractivity contribution >= 4 is 5.69 Å². The van der Waals surface area contributed by atoms with Gasteiger partial charge in [0.25, 0.3) is 0 Å². The summed E-state index contributed by atoms with van der Waals surface area (Å²) in [6, 6.07) is 6.68. The van der Waals surface area contributed by atoms with E-state index in [9.17, 15) is 0 Å². The summed E-state index contributed by atoms with van der Waals surface area (Å²) >= 11 is 0. The summed E-state index contributed by atoms with van der Waals surface area (Å²) in [5, 5.41) is 0. The maximum atomic E-state index is 5.98. The molecule has 4 heteroatoms. The molecule has 0 aromatic heterocycles. The largest absolute Gasteiger partial charge is 0.495 e. The number of morpholine rings is 1. The zero-order valence-corrected chi connectivity index (χ0v) is 11.5. The molecule has 19 heavy (non-hydrogen) atoms. The zero-order chi connectivity index (χ0) is 13.2. The number of anilines is 1. The molecule has 0 radical (unpaired) electrons. The van der Waals surface area contributed by atoms with Crippen LogP contribution < -0.4 is 10.5 Å². The highest BCUT2D eigenvalue weighted by Gasteiger charge is 2.35. The summed E-state index contributed by atoms with van der Waals surface area (Å²) in [7, 11) is 1.65. The van der Waals surface area contributed by atoms with Crippen molar-refractivity contribution in [2.24, 2.45) is 0 Å². The van der Waals surface area contributed by atoms with Gasteiger partial charge in [-0.05, 0) is 37.0 Å². The number of nitrogen functional groups attached to an aromatic ring is 1. The van der Waals surface area contributed by atoms with Gasteiger partial charge in [0.05, 0.1) is 25.5 Å². The minimum atomic E-state index is 0.448. The second-order valence-electron chi connectivity index (χ2n) is 5.45. The quantitative estimate of drug-likeness (QED) is 0.847. The van der Waals surface area contributed by atoms with Crippen LogP contribution in [0.4, 0.5) is 5.69 Å². The smallest absolute Gasteiger partial charge is 0.141 e. The van der Waals surface area contributed by atoms with Crippen molar-refractivity contribution in [3.63, 3.8) is 0 Å². The van der Waals surface area contributed by atoms with Gasteiger partial charge in [0, 0.05) is 19.1 Å². The molecule has 0 amide bonds. The van der Waals surface area contributed by atoms with Gasteiger partial charge in [-0.25, -0.2) is 0 Å². The highest BCUT2D eigenvalue weighted by Crippen LogP contribution is 2.31. The molecule has 1 aliphatic heterocycles. The van der Waals surface area contributed by atoms with Crippen molar-refractivity contribution in [2.75, 3.05) is 26.0 Å². The second-order valence-corrected chi connectivity index (χ2v) is 5.45. The molecule has 104 valence electrons. The lowest BCUT2D eigenvalue weighted by Crippen LogP contribution is -2.47. The number of nitrogens with zero attached hydrogens (tertiary/aromatic N) is 1. The summed E-state index contributed by atoms with van der Waals surface area (Å²) in [6.45, 7) is 2.83. The molecule has 2 unspecified atom stereocenters. The van der Waals surface area contributed by atoms with Crippen molar-refractivity contribution in [1.82, 2.24) is 4.90 Å². The Morgan fingerprint density at radius 1 is 1.42 bits per heavy atom. The first kappa shape index (κ1) is 12.8. The van der Waals surface area contributed by atoms with Gasteiger partial charge < -0.3 is 15.2 Å². The van der Waals surface area contributed by atoms with Crippen LogP contribution in [0.2, 0.25) is 0 Å². The van der Waals surface area contributed by atoms with E-state index in [0.717, 1.165) is 31.1 Å². The van der Waals surface area contributed by atoms with E-state index in [-0.39, 0.29) is 0 Å². The van der Waals surface area contributed by atoms with Gasteiger partial charge in [0.15, 0.2) is 0 Å². The van der Waals surface area contributed by atoms with Crippen LogP contribution in [0.3, 0.4) is 0 Å². The van der Waals surface area contributed by atoms with Crippen molar-refractivity contribution < 1.29 is 9.47 Å². The predicted octanol–water partition coefficient (Wildman–Crippen LogP) is 2.03. The Kier molecular flexibility index (Phi) is 3.62. The zero-order valence-electron chi connectivity index (χ0n) is 11.5. The fourth-order valence-electron chi connectivity index (χ4n) is 3.32. The topological polar surface area (TPSA) is 47.7 Å². The molecule has 2 N–H and O–H groups in total. The summed E-state index contributed by atoms with van der Waals surface area (Å²) in [5.74, 6) is 0.754. The maximum absolute atomic E-state index is 5.98. The molecule has 2 aliphatic rings. The fourth-order valence-corrected chi connectivity index (χ4v) is 3.32. The lowest BCUT2D eigenvalue weighted by Gasteiger charge is -2.37. The van der Waals surface area contributed by atoms with Gasteiger partial charge in [-0.15, -0.1) is 0 Å². The Hall–Kier alpha value is -1.26. The molecular weight excluding hydrogens is 240 g/mol. The Labute approximate surface area is 114 Å². The standard InChI is InChI=1S/C15H22N2O2/c1-18-14-6-5-11(9-12(14)16)10-17-7-8-19-15-4-2-3-13(15)17/h5-6,9,13,15H,2-4,7-8,10,16H2,1H3. The van der Waals surface area contributed by atoms with Crippen LogP contribution >= 0.6 is 0 Å². The fraction of sp³-hybridized carbons (Fsp3) is 0.600. The number of nitrogens with two attached hydrogens (primary N) is 1. The molecule has 1 aliphatic carbocycles. The molecule has 0 spiro atoms. The third-order valence-corrected chi connectivity index (χ3v) is 4.28. The molecule has 0 bridgehead atoms. The lowest BCUT2D eigenvalue weighted by atomic mass is 10.1. The SMILES string of the molecule is COc1ccc(CN2CCOC3CCCC32)cc1N. The first-order chi connectivity index (χ1) is 9.28. The minimum absolute atomic E-state index is 0.448. The molecule has 2 fully saturated rings. The van der Waals surface area contributed by atoms with E-state index in [4.69, 9.17) is 15.2 Å². The third kappa shape index (κ3) is 2.55. The Balaban J connectivity index is 1.72. The van der Waals surface area contributed by atoms with Gasteiger partial charge in [-0.1, -0.05) is 6.07 Å². The second kappa shape index (κ2) is 5.39. The molecular formula is C15H22N2O2. The van der Waals surface area contributed by atoms with E-state index < -0.39 is 0 Å². The number of benzene rings is 1. The van der Waals surface area contributed by atoms with Crippen LogP contribution in [-0.4, -0.2) is 37.3 Å². The van der Waals surface area contributed by atoms with Crippen molar-refractivity contribution in [2.45, 2.75) is 38.0 Å². The minimum Gasteiger partial charge on any atom is -0.495 e. The average molecular weight is 262 g/mol. The molecule has 1 aromatic rings. The summed E-state index contributed by atoms with van der Waals surface area (Å²) in [4.78, 5) is 2.54. The van der Waals surface area contributed by atoms with Gasteiger partial charge in [0.1, 0.15) is 5.75 Å². The molecule has 1 saturated heterocycles. The Morgan fingerprint density at radius 3 is 3.11 bits per heavy atom. The Bertz CT molecular complexity index is 450. The molecule has 2 atom stereocenters. The van der Waals surface area contributed by atoms with Gasteiger partial charge in [-0.2, -0.15) is 0 Å². The third-order valence-electron chi connectivity index (χ3n) is 4.28. The van der Waals surface area contributed by atoms with Crippen LogP contribution in [0.15, 0.2) is 18.2 Å². The summed E-state index contributed by atoms with van der Waals surface area (Å²) < 4.78 is 11.0. The summed E-state index contributed by atoms with van der Waals surface area (Å²) in [5.41, 5.74) is 7.95.